The number of halogens is 2. The highest BCUT2D eigenvalue weighted by molar-refractivity contribution is 6.44. The summed E-state index contributed by atoms with van der Waals surface area (Å²) in [7, 11) is 1.52. The number of likely N-dealkylation sites (tertiary alicyclic amines) is 1. The van der Waals surface area contributed by atoms with Crippen LogP contribution in [0.5, 0.6) is 11.5 Å². The van der Waals surface area contributed by atoms with Crippen LogP contribution in [-0.4, -0.2) is 58.4 Å². The van der Waals surface area contributed by atoms with E-state index in [2.05, 4.69) is 15.3 Å². The maximum atomic E-state index is 13.3. The second kappa shape index (κ2) is 11.7. The van der Waals surface area contributed by atoms with Gasteiger partial charge >= 0.3 is 0 Å². The van der Waals surface area contributed by atoms with Crippen LogP contribution >= 0.6 is 23.2 Å². The van der Waals surface area contributed by atoms with Crippen LogP contribution < -0.4 is 20.5 Å². The molecule has 0 bridgehead atoms. The zero-order valence-electron chi connectivity index (χ0n) is 22.0. The molecular formula is C28H28Cl2N6O4. The molecule has 0 unspecified atom stereocenters. The van der Waals surface area contributed by atoms with Crippen LogP contribution in [0.1, 0.15) is 28.8 Å². The Morgan fingerprint density at radius 3 is 2.65 bits per heavy atom. The van der Waals surface area contributed by atoms with Gasteiger partial charge in [0.2, 0.25) is 0 Å². The summed E-state index contributed by atoms with van der Waals surface area (Å²) >= 11 is 12.9. The van der Waals surface area contributed by atoms with Crippen LogP contribution in [0, 0.1) is 12.8 Å². The molecule has 2 aromatic heterocycles. The highest BCUT2D eigenvalue weighted by Gasteiger charge is 2.26. The number of nitrogens with two attached hydrogens (primary N) is 1. The molecule has 1 aliphatic rings. The normalized spacial score (nSPS) is 13.9. The van der Waals surface area contributed by atoms with Crippen LogP contribution in [0.3, 0.4) is 0 Å². The van der Waals surface area contributed by atoms with Crippen molar-refractivity contribution >= 4 is 52.7 Å². The number of amides is 1. The molecule has 0 spiro atoms. The van der Waals surface area contributed by atoms with Crippen LogP contribution in [0.15, 0.2) is 42.9 Å². The van der Waals surface area contributed by atoms with Crippen molar-refractivity contribution in [3.05, 3.63) is 64.0 Å². The molecule has 12 heteroatoms. The minimum Gasteiger partial charge on any atom is -0.495 e. The molecule has 0 aliphatic carbocycles. The van der Waals surface area contributed by atoms with Crippen molar-refractivity contribution in [1.82, 2.24) is 19.3 Å². The van der Waals surface area contributed by atoms with Gasteiger partial charge in [-0.3, -0.25) is 14.0 Å². The quantitative estimate of drug-likeness (QED) is 0.275. The second-order valence-electron chi connectivity index (χ2n) is 9.48. The molecule has 1 saturated heterocycles. The summed E-state index contributed by atoms with van der Waals surface area (Å²) in [5.74, 6) is 1.43. The fraction of sp³-hybridized carbons (Fsp3) is 0.286. The van der Waals surface area contributed by atoms with Gasteiger partial charge in [0.25, 0.3) is 12.4 Å². The maximum Gasteiger partial charge on any atom is 0.298 e. The summed E-state index contributed by atoms with van der Waals surface area (Å²) in [5.41, 5.74) is 9.11. The molecule has 0 saturated carbocycles. The number of anilines is 2. The molecular weight excluding hydrogens is 555 g/mol. The van der Waals surface area contributed by atoms with E-state index in [1.165, 1.54) is 7.11 Å². The molecule has 0 atom stereocenters. The summed E-state index contributed by atoms with van der Waals surface area (Å²) in [6, 6.07) is 6.96. The first-order valence-electron chi connectivity index (χ1n) is 12.7. The van der Waals surface area contributed by atoms with Gasteiger partial charge in [-0.15, -0.1) is 0 Å². The monoisotopic (exact) mass is 582 g/mol. The lowest BCUT2D eigenvalue weighted by Crippen LogP contribution is -2.40. The van der Waals surface area contributed by atoms with Crippen molar-refractivity contribution in [3.63, 3.8) is 0 Å². The van der Waals surface area contributed by atoms with E-state index in [4.69, 9.17) is 38.4 Å². The Bertz CT molecular complexity index is 1580. The van der Waals surface area contributed by atoms with E-state index in [0.717, 1.165) is 12.8 Å². The predicted molar refractivity (Wildman–Crippen MR) is 154 cm³/mol. The molecule has 1 aliphatic heterocycles. The molecule has 4 aromatic rings. The molecule has 2 aromatic carbocycles. The smallest absolute Gasteiger partial charge is 0.298 e. The number of ether oxygens (including phenoxy) is 2. The number of imidazole rings is 1. The molecule has 3 N–H and O–H groups in total. The van der Waals surface area contributed by atoms with E-state index >= 15 is 0 Å². The maximum absolute atomic E-state index is 13.3. The second-order valence-corrected chi connectivity index (χ2v) is 10.2. The SMILES string of the molecule is COc1ccc(-c2cnc3c(Nc4ccc(C(=O)N5CCC(CN)CC5)c(C)c4OC=O)nccn23)c(Cl)c1Cl. The van der Waals surface area contributed by atoms with Gasteiger partial charge in [-0.05, 0) is 56.5 Å². The lowest BCUT2D eigenvalue weighted by molar-refractivity contribution is -0.120. The highest BCUT2D eigenvalue weighted by Crippen LogP contribution is 2.40. The van der Waals surface area contributed by atoms with Gasteiger partial charge in [0, 0.05) is 42.2 Å². The fourth-order valence-electron chi connectivity index (χ4n) is 4.99. The average Bonchev–Trinajstić information content (AvgIpc) is 3.41. The number of benzene rings is 2. The number of hydrogen-bond donors (Lipinski definition) is 2. The van der Waals surface area contributed by atoms with Crippen molar-refractivity contribution in [2.75, 3.05) is 32.1 Å². The largest absolute Gasteiger partial charge is 0.495 e. The third kappa shape index (κ3) is 5.05. The number of nitrogens with zero attached hydrogens (tertiary/aromatic N) is 4. The standard InChI is InChI=1S/C28H28Cl2N6O4/c1-16-18(28(38)35-10-7-17(13-31)8-11-35)3-5-20(25(16)40-15-37)34-26-27-33-14-21(36(27)12-9-32-26)19-4-6-22(39-2)24(30)23(19)29/h3-6,9,12,14-15,17H,7-8,10-11,13,31H2,1-2H3,(H,32,34). The zero-order chi connectivity index (χ0) is 28.4. The lowest BCUT2D eigenvalue weighted by Gasteiger charge is -2.32. The first-order valence-corrected chi connectivity index (χ1v) is 13.5. The molecule has 1 fully saturated rings. The molecule has 40 heavy (non-hydrogen) atoms. The number of hydrogen-bond acceptors (Lipinski definition) is 8. The zero-order valence-corrected chi connectivity index (χ0v) is 23.5. The van der Waals surface area contributed by atoms with Crippen molar-refractivity contribution in [2.45, 2.75) is 19.8 Å². The number of nitrogens with one attached hydrogen (secondary N) is 1. The first kappa shape index (κ1) is 27.7. The van der Waals surface area contributed by atoms with E-state index < -0.39 is 0 Å². The van der Waals surface area contributed by atoms with Gasteiger partial charge in [0.05, 0.1) is 29.7 Å². The Hall–Kier alpha value is -3.86. The average molecular weight is 583 g/mol. The summed E-state index contributed by atoms with van der Waals surface area (Å²) in [5, 5.41) is 3.85. The number of fused-ring (bicyclic) bond motifs is 1. The van der Waals surface area contributed by atoms with Crippen molar-refractivity contribution in [1.29, 1.82) is 0 Å². The molecule has 5 rings (SSSR count). The van der Waals surface area contributed by atoms with Crippen LogP contribution in [0.2, 0.25) is 10.0 Å². The third-order valence-corrected chi connectivity index (χ3v) is 8.13. The number of carbonyl (C=O) groups excluding carboxylic acids is 2. The Morgan fingerprint density at radius 2 is 1.95 bits per heavy atom. The lowest BCUT2D eigenvalue weighted by atomic mass is 9.96. The summed E-state index contributed by atoms with van der Waals surface area (Å²) < 4.78 is 12.4. The van der Waals surface area contributed by atoms with E-state index in [1.54, 1.807) is 49.8 Å². The van der Waals surface area contributed by atoms with Gasteiger partial charge in [-0.1, -0.05) is 23.2 Å². The highest BCUT2D eigenvalue weighted by atomic mass is 35.5. The van der Waals surface area contributed by atoms with Crippen molar-refractivity contribution in [3.8, 4) is 22.8 Å². The Kier molecular flexibility index (Phi) is 8.11. The van der Waals surface area contributed by atoms with Crippen molar-refractivity contribution < 1.29 is 19.1 Å². The minimum atomic E-state index is -0.108. The van der Waals surface area contributed by atoms with Gasteiger partial charge in [-0.2, -0.15) is 0 Å². The van der Waals surface area contributed by atoms with Crippen molar-refractivity contribution in [2.24, 2.45) is 11.7 Å². The molecule has 3 heterocycles. The fourth-order valence-corrected chi connectivity index (χ4v) is 5.48. The Balaban J connectivity index is 1.48. The number of methoxy groups -OCH3 is 1. The van der Waals surface area contributed by atoms with E-state index in [0.29, 0.717) is 87.4 Å². The summed E-state index contributed by atoms with van der Waals surface area (Å²) in [4.78, 5) is 35.6. The number of carbonyl (C=O) groups is 2. The third-order valence-electron chi connectivity index (χ3n) is 7.26. The van der Waals surface area contributed by atoms with E-state index in [1.807, 2.05) is 9.30 Å². The van der Waals surface area contributed by atoms with E-state index in [9.17, 15) is 9.59 Å². The molecule has 10 nitrogen and oxygen atoms in total. The summed E-state index contributed by atoms with van der Waals surface area (Å²) in [6.07, 6.45) is 6.76. The summed E-state index contributed by atoms with van der Waals surface area (Å²) in [6.45, 7) is 3.99. The number of rotatable bonds is 8. The van der Waals surface area contributed by atoms with Crippen LogP contribution in [0.4, 0.5) is 11.5 Å². The molecule has 0 radical (unpaired) electrons. The van der Waals surface area contributed by atoms with Gasteiger partial charge in [0.1, 0.15) is 10.8 Å². The predicted octanol–water partition coefficient (Wildman–Crippen LogP) is 5.11. The topological polar surface area (TPSA) is 124 Å². The van der Waals surface area contributed by atoms with Crippen LogP contribution in [0.25, 0.3) is 16.9 Å². The van der Waals surface area contributed by atoms with Gasteiger partial charge in [0.15, 0.2) is 17.2 Å². The molecule has 1 amide bonds. The number of aromatic nitrogens is 3. The van der Waals surface area contributed by atoms with Crippen LogP contribution in [-0.2, 0) is 4.79 Å². The van der Waals surface area contributed by atoms with Gasteiger partial charge < -0.3 is 25.4 Å². The van der Waals surface area contributed by atoms with Gasteiger partial charge in [-0.25, -0.2) is 9.97 Å². The molecule has 208 valence electrons. The Morgan fingerprint density at radius 1 is 1.18 bits per heavy atom. The van der Waals surface area contributed by atoms with E-state index in [-0.39, 0.29) is 11.7 Å². The number of piperidine rings is 1. The minimum absolute atomic E-state index is 0.108. The Labute approximate surface area is 241 Å². The first-order chi connectivity index (χ1) is 19.4.